The molecule has 0 bridgehead atoms. The molecule has 2 saturated carbocycles. The van der Waals surface area contributed by atoms with E-state index in [-0.39, 0.29) is 30.6 Å². The lowest BCUT2D eigenvalue weighted by Crippen LogP contribution is -2.78. The molecular formula is C35H44O13. The molecule has 0 radical (unpaired) electrons. The second-order valence-corrected chi connectivity index (χ2v) is 14.1. The van der Waals surface area contributed by atoms with Crippen molar-refractivity contribution in [2.45, 2.75) is 116 Å². The van der Waals surface area contributed by atoms with Crippen LogP contribution in [0.25, 0.3) is 0 Å². The molecule has 1 saturated heterocycles. The number of rotatable bonds is 7. The van der Waals surface area contributed by atoms with Crippen molar-refractivity contribution in [3.8, 4) is 0 Å². The number of carbonyl (C=O) groups is 5. The summed E-state index contributed by atoms with van der Waals surface area (Å²) in [7, 11) is 0. The van der Waals surface area contributed by atoms with Crippen molar-refractivity contribution in [1.82, 2.24) is 0 Å². The van der Waals surface area contributed by atoms with Crippen LogP contribution < -0.4 is 0 Å². The predicted octanol–water partition coefficient (Wildman–Crippen LogP) is 2.59. The molecule has 48 heavy (non-hydrogen) atoms. The van der Waals surface area contributed by atoms with Gasteiger partial charge in [0.1, 0.15) is 23.9 Å². The number of fused-ring (bicyclic) bond motifs is 4. The molecule has 4 aliphatic rings. The van der Waals surface area contributed by atoms with E-state index in [4.69, 9.17) is 28.4 Å². The van der Waals surface area contributed by atoms with Crippen molar-refractivity contribution in [2.75, 3.05) is 6.61 Å². The average Bonchev–Trinajstić information content (AvgIpc) is 3.23. The third-order valence-corrected chi connectivity index (χ3v) is 10.8. The highest BCUT2D eigenvalue weighted by Crippen LogP contribution is 2.68. The maximum absolute atomic E-state index is 14.1. The van der Waals surface area contributed by atoms with Crippen molar-refractivity contribution < 1.29 is 62.6 Å². The van der Waals surface area contributed by atoms with Crippen LogP contribution >= 0.6 is 0 Å². The normalized spacial score (nSPS) is 37.0. The van der Waals surface area contributed by atoms with Gasteiger partial charge in [-0.1, -0.05) is 25.1 Å². The van der Waals surface area contributed by atoms with E-state index in [1.165, 1.54) is 27.7 Å². The van der Waals surface area contributed by atoms with Crippen molar-refractivity contribution in [1.29, 1.82) is 0 Å². The molecule has 0 amide bonds. The molecule has 1 aromatic carbocycles. The topological polar surface area (TPSA) is 181 Å². The first kappa shape index (κ1) is 35.5. The van der Waals surface area contributed by atoms with Gasteiger partial charge in [-0.15, -0.1) is 0 Å². The quantitative estimate of drug-likeness (QED) is 0.245. The summed E-state index contributed by atoms with van der Waals surface area (Å²) in [5.41, 5.74) is -6.29. The van der Waals surface area contributed by atoms with Gasteiger partial charge in [0.05, 0.1) is 34.7 Å². The molecule has 262 valence electrons. The van der Waals surface area contributed by atoms with Gasteiger partial charge in [-0.25, -0.2) is 4.79 Å². The summed E-state index contributed by atoms with van der Waals surface area (Å²) in [5, 5.41) is 25.0. The van der Waals surface area contributed by atoms with Gasteiger partial charge in [-0.3, -0.25) is 19.2 Å². The van der Waals surface area contributed by atoms with Crippen molar-refractivity contribution in [3.05, 3.63) is 47.0 Å². The van der Waals surface area contributed by atoms with Gasteiger partial charge in [0.25, 0.3) is 0 Å². The van der Waals surface area contributed by atoms with Crippen LogP contribution in [0.1, 0.15) is 78.6 Å². The highest BCUT2D eigenvalue weighted by atomic mass is 16.6. The number of ether oxygens (including phenoxy) is 6. The minimum absolute atomic E-state index is 0.0311. The van der Waals surface area contributed by atoms with Crippen LogP contribution in [0.2, 0.25) is 0 Å². The zero-order valence-corrected chi connectivity index (χ0v) is 28.4. The van der Waals surface area contributed by atoms with E-state index in [1.54, 1.807) is 44.2 Å². The molecule has 10 atom stereocenters. The van der Waals surface area contributed by atoms with Gasteiger partial charge in [0, 0.05) is 46.5 Å². The molecule has 13 heteroatoms. The third kappa shape index (κ3) is 5.49. The van der Waals surface area contributed by atoms with Gasteiger partial charge >= 0.3 is 29.8 Å². The second kappa shape index (κ2) is 12.3. The Morgan fingerprint density at radius 3 is 1.94 bits per heavy atom. The van der Waals surface area contributed by atoms with Gasteiger partial charge in [-0.05, 0) is 44.1 Å². The SMILES string of the molecule is CC(=O)O[C@H]1C[C@@]2(C(C)(C)O)C(=C1C)[C@@H](OC(C)=O)[C@H](OC(C)=O)[C@]1(C)[C@@H](OC(C)=O)C[C@H]3OC[C@@]3(O)[C@H]1[C@@H]2OC(=O)c1ccccc1. The molecule has 3 fully saturated rings. The summed E-state index contributed by atoms with van der Waals surface area (Å²) in [6, 6.07) is 8.11. The summed E-state index contributed by atoms with van der Waals surface area (Å²) in [4.78, 5) is 65.1. The fourth-order valence-corrected chi connectivity index (χ4v) is 8.89. The van der Waals surface area contributed by atoms with E-state index >= 15 is 0 Å². The highest BCUT2D eigenvalue weighted by Gasteiger charge is 2.79. The molecular weight excluding hydrogens is 628 g/mol. The minimum Gasteiger partial charge on any atom is -0.462 e. The molecule has 0 unspecified atom stereocenters. The van der Waals surface area contributed by atoms with Crippen LogP contribution in [-0.4, -0.2) is 94.5 Å². The Morgan fingerprint density at radius 1 is 0.854 bits per heavy atom. The Labute approximate surface area is 278 Å². The Hall–Kier alpha value is -3.81. The first-order valence-corrected chi connectivity index (χ1v) is 16.0. The van der Waals surface area contributed by atoms with Crippen molar-refractivity contribution in [2.24, 2.45) is 16.7 Å². The van der Waals surface area contributed by atoms with Crippen LogP contribution in [0.4, 0.5) is 0 Å². The van der Waals surface area contributed by atoms with Crippen molar-refractivity contribution in [3.63, 3.8) is 0 Å². The van der Waals surface area contributed by atoms with Crippen LogP contribution in [0.15, 0.2) is 41.5 Å². The number of hydrogen-bond acceptors (Lipinski definition) is 13. The van der Waals surface area contributed by atoms with E-state index in [1.807, 2.05) is 0 Å². The first-order chi connectivity index (χ1) is 22.3. The third-order valence-electron chi connectivity index (χ3n) is 10.8. The number of aliphatic hydroxyl groups is 2. The maximum atomic E-state index is 14.1. The Morgan fingerprint density at radius 2 is 1.44 bits per heavy atom. The molecule has 0 aromatic heterocycles. The number of hydrogen-bond donors (Lipinski definition) is 2. The van der Waals surface area contributed by atoms with Gasteiger partial charge in [-0.2, -0.15) is 0 Å². The number of esters is 5. The zero-order valence-electron chi connectivity index (χ0n) is 28.4. The maximum Gasteiger partial charge on any atom is 0.338 e. The summed E-state index contributed by atoms with van der Waals surface area (Å²) in [6.45, 7) is 10.8. The lowest BCUT2D eigenvalue weighted by molar-refractivity contribution is -0.350. The Balaban J connectivity index is 1.93. The highest BCUT2D eigenvalue weighted by molar-refractivity contribution is 5.89. The van der Waals surface area contributed by atoms with Gasteiger partial charge < -0.3 is 38.6 Å². The number of benzene rings is 1. The van der Waals surface area contributed by atoms with Crippen LogP contribution in [0.5, 0.6) is 0 Å². The minimum atomic E-state index is -1.85. The largest absolute Gasteiger partial charge is 0.462 e. The summed E-state index contributed by atoms with van der Waals surface area (Å²) < 4.78 is 36.1. The van der Waals surface area contributed by atoms with E-state index in [2.05, 4.69) is 0 Å². The predicted molar refractivity (Wildman–Crippen MR) is 165 cm³/mol. The van der Waals surface area contributed by atoms with E-state index in [0.717, 1.165) is 13.8 Å². The van der Waals surface area contributed by atoms with E-state index in [0.29, 0.717) is 5.57 Å². The second-order valence-electron chi connectivity index (χ2n) is 14.1. The van der Waals surface area contributed by atoms with Crippen LogP contribution in [-0.2, 0) is 47.6 Å². The molecule has 1 aromatic rings. The summed E-state index contributed by atoms with van der Waals surface area (Å²) in [5.74, 6) is -4.96. The summed E-state index contributed by atoms with van der Waals surface area (Å²) >= 11 is 0. The van der Waals surface area contributed by atoms with Crippen LogP contribution in [0.3, 0.4) is 0 Å². The molecule has 3 aliphatic carbocycles. The molecule has 1 aliphatic heterocycles. The lowest BCUT2D eigenvalue weighted by atomic mass is 9.49. The fraction of sp³-hybridized carbons (Fsp3) is 0.629. The van der Waals surface area contributed by atoms with E-state index in [9.17, 15) is 34.2 Å². The van der Waals surface area contributed by atoms with Crippen molar-refractivity contribution >= 4 is 29.8 Å². The smallest absolute Gasteiger partial charge is 0.338 e. The molecule has 2 N–H and O–H groups in total. The lowest BCUT2D eigenvalue weighted by Gasteiger charge is -2.64. The zero-order chi connectivity index (χ0) is 35.6. The molecule has 5 rings (SSSR count). The standard InChI is InChI=1S/C35H44O13/c1-17-23(44-18(2)36)15-34(32(6,7)41)26(17)27(46-20(4)38)29(47-21(5)39)33(8)24(45-19(3)37)14-25-35(42,16-43-25)28(33)30(34)48-31(40)22-12-10-9-11-13-22/h9-13,23-25,27-30,41-42H,14-16H2,1-8H3/t23-,24-,25+,27+,28-,29-,30-,33+,34+,35-/m0/s1. The van der Waals surface area contributed by atoms with Gasteiger partial charge in [0.15, 0.2) is 12.2 Å². The molecule has 0 spiro atoms. The van der Waals surface area contributed by atoms with Gasteiger partial charge in [0.2, 0.25) is 0 Å². The average molecular weight is 673 g/mol. The Kier molecular flexibility index (Phi) is 9.07. The first-order valence-electron chi connectivity index (χ1n) is 16.0. The fourth-order valence-electron chi connectivity index (χ4n) is 8.89. The van der Waals surface area contributed by atoms with Crippen LogP contribution in [0, 0.1) is 16.7 Å². The molecule has 1 heterocycles. The summed E-state index contributed by atoms with van der Waals surface area (Å²) in [6.07, 6.45) is -7.69. The Bertz CT molecular complexity index is 1530. The number of carbonyl (C=O) groups excluding carboxylic acids is 5. The monoisotopic (exact) mass is 672 g/mol. The molecule has 13 nitrogen and oxygen atoms in total. The van der Waals surface area contributed by atoms with E-state index < -0.39 is 94.4 Å².